The standard InChI is InChI=1S/C12H19N3O/c1-15-7-6-9(8-15)14-10-4-3-5-11(16-2)12(10)13/h3-5,9,14H,6-8,13H2,1-2H3. The number of hydrogen-bond donors (Lipinski definition) is 2. The zero-order valence-corrected chi connectivity index (χ0v) is 9.86. The van der Waals surface area contributed by atoms with Crippen molar-refractivity contribution in [2.75, 3.05) is 38.3 Å². The lowest BCUT2D eigenvalue weighted by atomic mass is 10.2. The van der Waals surface area contributed by atoms with Crippen LogP contribution in [-0.2, 0) is 0 Å². The fraction of sp³-hybridized carbons (Fsp3) is 0.500. The van der Waals surface area contributed by atoms with Gasteiger partial charge in [0.2, 0.25) is 0 Å². The molecule has 0 bridgehead atoms. The van der Waals surface area contributed by atoms with Crippen molar-refractivity contribution in [3.63, 3.8) is 0 Å². The average molecular weight is 221 g/mol. The third-order valence-corrected chi connectivity index (χ3v) is 3.04. The summed E-state index contributed by atoms with van der Waals surface area (Å²) in [6.07, 6.45) is 1.16. The third kappa shape index (κ3) is 2.22. The first-order chi connectivity index (χ1) is 7.70. The summed E-state index contributed by atoms with van der Waals surface area (Å²) in [6.45, 7) is 2.21. The predicted octanol–water partition coefficient (Wildman–Crippen LogP) is 1.39. The van der Waals surface area contributed by atoms with Gasteiger partial charge >= 0.3 is 0 Å². The third-order valence-electron chi connectivity index (χ3n) is 3.04. The molecule has 1 aromatic rings. The average Bonchev–Trinajstić information content (AvgIpc) is 2.67. The molecule has 0 aromatic heterocycles. The first kappa shape index (κ1) is 11.1. The molecule has 0 spiro atoms. The molecule has 0 radical (unpaired) electrons. The minimum atomic E-state index is 0.486. The zero-order chi connectivity index (χ0) is 11.5. The second-order valence-corrected chi connectivity index (χ2v) is 4.31. The van der Waals surface area contributed by atoms with E-state index in [1.54, 1.807) is 7.11 Å². The summed E-state index contributed by atoms with van der Waals surface area (Å²) in [4.78, 5) is 2.31. The molecule has 1 atom stereocenters. The van der Waals surface area contributed by atoms with Crippen molar-refractivity contribution >= 4 is 11.4 Å². The fourth-order valence-corrected chi connectivity index (χ4v) is 2.12. The molecule has 1 saturated heterocycles. The van der Waals surface area contributed by atoms with E-state index in [2.05, 4.69) is 17.3 Å². The first-order valence-corrected chi connectivity index (χ1v) is 5.58. The van der Waals surface area contributed by atoms with E-state index in [-0.39, 0.29) is 0 Å². The number of likely N-dealkylation sites (N-methyl/N-ethyl adjacent to an activating group) is 1. The number of likely N-dealkylation sites (tertiary alicyclic amines) is 1. The second-order valence-electron chi connectivity index (χ2n) is 4.31. The van der Waals surface area contributed by atoms with Gasteiger partial charge in [0.05, 0.1) is 18.5 Å². The molecule has 1 fully saturated rings. The number of hydrogen-bond acceptors (Lipinski definition) is 4. The molecule has 88 valence electrons. The lowest BCUT2D eigenvalue weighted by molar-refractivity contribution is 0.413. The molecule has 0 aliphatic carbocycles. The topological polar surface area (TPSA) is 50.5 Å². The fourth-order valence-electron chi connectivity index (χ4n) is 2.12. The monoisotopic (exact) mass is 221 g/mol. The first-order valence-electron chi connectivity index (χ1n) is 5.58. The van der Waals surface area contributed by atoms with Gasteiger partial charge in [-0.3, -0.25) is 0 Å². The van der Waals surface area contributed by atoms with Crippen LogP contribution in [0.1, 0.15) is 6.42 Å². The summed E-state index contributed by atoms with van der Waals surface area (Å²) in [6, 6.07) is 6.31. The van der Waals surface area contributed by atoms with Crippen molar-refractivity contribution in [3.8, 4) is 5.75 Å². The largest absolute Gasteiger partial charge is 0.495 e. The molecule has 1 aromatic carbocycles. The van der Waals surface area contributed by atoms with E-state index in [1.807, 2.05) is 18.2 Å². The molecule has 0 saturated carbocycles. The van der Waals surface area contributed by atoms with Gasteiger partial charge in [0.1, 0.15) is 5.75 Å². The molecular formula is C12H19N3O. The van der Waals surface area contributed by atoms with Gasteiger partial charge in [-0.25, -0.2) is 0 Å². The molecule has 0 amide bonds. The van der Waals surface area contributed by atoms with Gasteiger partial charge in [0, 0.05) is 12.6 Å². The van der Waals surface area contributed by atoms with Gasteiger partial charge in [0.15, 0.2) is 0 Å². The predicted molar refractivity (Wildman–Crippen MR) is 66.9 cm³/mol. The van der Waals surface area contributed by atoms with E-state index in [1.165, 1.54) is 0 Å². The number of ether oxygens (including phenoxy) is 1. The van der Waals surface area contributed by atoms with E-state index in [0.29, 0.717) is 11.7 Å². The van der Waals surface area contributed by atoms with Crippen LogP contribution >= 0.6 is 0 Å². The summed E-state index contributed by atoms with van der Waals surface area (Å²) < 4.78 is 5.20. The molecule has 16 heavy (non-hydrogen) atoms. The smallest absolute Gasteiger partial charge is 0.143 e. The quantitative estimate of drug-likeness (QED) is 0.757. The molecule has 1 unspecified atom stereocenters. The number of nitrogens with one attached hydrogen (secondary N) is 1. The van der Waals surface area contributed by atoms with Crippen molar-refractivity contribution in [3.05, 3.63) is 18.2 Å². The van der Waals surface area contributed by atoms with Crippen LogP contribution < -0.4 is 15.8 Å². The Hall–Kier alpha value is -1.42. The highest BCUT2D eigenvalue weighted by molar-refractivity contribution is 5.73. The Bertz CT molecular complexity index is 367. The Morgan fingerprint density at radius 2 is 2.31 bits per heavy atom. The van der Waals surface area contributed by atoms with E-state index < -0.39 is 0 Å². The zero-order valence-electron chi connectivity index (χ0n) is 9.86. The molecule has 2 rings (SSSR count). The van der Waals surface area contributed by atoms with Crippen molar-refractivity contribution in [2.24, 2.45) is 0 Å². The number of nitrogens with zero attached hydrogens (tertiary/aromatic N) is 1. The van der Waals surface area contributed by atoms with Crippen LogP contribution in [0.3, 0.4) is 0 Å². The van der Waals surface area contributed by atoms with Crippen LogP contribution in [0.25, 0.3) is 0 Å². The molecule has 3 N–H and O–H groups in total. The number of nitrogen functional groups attached to an aromatic ring is 1. The molecule has 1 aliphatic heterocycles. The Kier molecular flexibility index (Phi) is 3.19. The number of para-hydroxylation sites is 1. The van der Waals surface area contributed by atoms with E-state index in [9.17, 15) is 0 Å². The van der Waals surface area contributed by atoms with E-state index >= 15 is 0 Å². The van der Waals surface area contributed by atoms with Crippen molar-refractivity contribution < 1.29 is 4.74 Å². The number of methoxy groups -OCH3 is 1. The van der Waals surface area contributed by atoms with E-state index in [4.69, 9.17) is 10.5 Å². The highest BCUT2D eigenvalue weighted by atomic mass is 16.5. The minimum Gasteiger partial charge on any atom is -0.495 e. The highest BCUT2D eigenvalue weighted by Crippen LogP contribution is 2.30. The number of anilines is 2. The van der Waals surface area contributed by atoms with Crippen LogP contribution in [0, 0.1) is 0 Å². The maximum absolute atomic E-state index is 6.01. The van der Waals surface area contributed by atoms with Crippen LogP contribution in [0.4, 0.5) is 11.4 Å². The van der Waals surface area contributed by atoms with Crippen molar-refractivity contribution in [1.29, 1.82) is 0 Å². The maximum atomic E-state index is 6.01. The molecule has 4 nitrogen and oxygen atoms in total. The van der Waals surface area contributed by atoms with Crippen LogP contribution in [0.2, 0.25) is 0 Å². The lowest BCUT2D eigenvalue weighted by Gasteiger charge is -2.17. The normalized spacial score (nSPS) is 21.0. The van der Waals surface area contributed by atoms with Gasteiger partial charge in [-0.2, -0.15) is 0 Å². The van der Waals surface area contributed by atoms with E-state index in [0.717, 1.165) is 30.9 Å². The summed E-state index contributed by atoms with van der Waals surface area (Å²) in [7, 11) is 3.77. The summed E-state index contributed by atoms with van der Waals surface area (Å²) >= 11 is 0. The Balaban J connectivity index is 2.09. The van der Waals surface area contributed by atoms with Gasteiger partial charge in [-0.05, 0) is 32.1 Å². The maximum Gasteiger partial charge on any atom is 0.143 e. The van der Waals surface area contributed by atoms with Gasteiger partial charge in [-0.15, -0.1) is 0 Å². The molecule has 1 heterocycles. The molecule has 4 heteroatoms. The number of nitrogens with two attached hydrogens (primary N) is 1. The molecule has 1 aliphatic rings. The Labute approximate surface area is 96.4 Å². The second kappa shape index (κ2) is 4.61. The number of benzene rings is 1. The highest BCUT2D eigenvalue weighted by Gasteiger charge is 2.20. The van der Waals surface area contributed by atoms with Gasteiger partial charge in [0.25, 0.3) is 0 Å². The summed E-state index contributed by atoms with van der Waals surface area (Å²) in [5.74, 6) is 0.733. The van der Waals surface area contributed by atoms with Gasteiger partial charge in [-0.1, -0.05) is 6.07 Å². The van der Waals surface area contributed by atoms with Gasteiger partial charge < -0.3 is 20.7 Å². The Morgan fingerprint density at radius 3 is 2.94 bits per heavy atom. The summed E-state index contributed by atoms with van der Waals surface area (Å²) in [5.41, 5.74) is 7.67. The Morgan fingerprint density at radius 1 is 1.50 bits per heavy atom. The SMILES string of the molecule is COc1cccc(NC2CCN(C)C2)c1N. The van der Waals surface area contributed by atoms with Crippen LogP contribution in [-0.4, -0.2) is 38.2 Å². The van der Waals surface area contributed by atoms with Crippen molar-refractivity contribution in [1.82, 2.24) is 4.90 Å². The minimum absolute atomic E-state index is 0.486. The van der Waals surface area contributed by atoms with Crippen LogP contribution in [0.15, 0.2) is 18.2 Å². The lowest BCUT2D eigenvalue weighted by Crippen LogP contribution is -2.24. The van der Waals surface area contributed by atoms with Crippen LogP contribution in [0.5, 0.6) is 5.75 Å². The van der Waals surface area contributed by atoms with Crippen molar-refractivity contribution in [2.45, 2.75) is 12.5 Å². The summed E-state index contributed by atoms with van der Waals surface area (Å²) in [5, 5.41) is 3.47. The molecular weight excluding hydrogens is 202 g/mol. The number of rotatable bonds is 3.